The Bertz CT molecular complexity index is 1190. The molecular formula is C25H33I5N2O2S2Si2. The normalized spacial score (nSPS) is 14.0. The summed E-state index contributed by atoms with van der Waals surface area (Å²) in [6.07, 6.45) is 10.1. The number of alkyl halides is 3. The lowest BCUT2D eigenvalue weighted by atomic mass is 10.0. The average molecular weight is 1150 g/mol. The van der Waals surface area contributed by atoms with E-state index in [-0.39, 0.29) is 17.1 Å². The SMILES string of the molecule is C#C[Si](C)(C)C.C[Si](C)(C)C#Cc1nc2c(s1)C(=O)CCC2.IC(I)I.II.[3H]c1nc2c(s1)C(=O)CCC2. The van der Waals surface area contributed by atoms with Crippen LogP contribution in [-0.2, 0) is 12.8 Å². The molecule has 2 aliphatic rings. The number of aromatic nitrogens is 2. The van der Waals surface area contributed by atoms with Crippen LogP contribution in [0.4, 0.5) is 0 Å². The molecule has 2 aliphatic carbocycles. The van der Waals surface area contributed by atoms with Crippen molar-refractivity contribution in [1.29, 1.82) is 0 Å². The highest BCUT2D eigenvalue weighted by molar-refractivity contribution is 15.0. The second-order valence-corrected chi connectivity index (χ2v) is 32.3. The Hall–Kier alpha value is 1.80. The van der Waals surface area contributed by atoms with Gasteiger partial charge in [0.1, 0.15) is 16.1 Å². The predicted molar refractivity (Wildman–Crippen MR) is 215 cm³/mol. The van der Waals surface area contributed by atoms with E-state index in [1.807, 2.05) is 0 Å². The summed E-state index contributed by atoms with van der Waals surface area (Å²) in [6, 6.07) is 0. The number of nitrogens with zero attached hydrogens (tertiary/aromatic N) is 2. The fraction of sp³-hybridized carbons (Fsp3) is 0.520. The van der Waals surface area contributed by atoms with Gasteiger partial charge in [0.2, 0.25) is 0 Å². The van der Waals surface area contributed by atoms with Crippen LogP contribution in [-0.4, -0.2) is 37.6 Å². The van der Waals surface area contributed by atoms with E-state index in [9.17, 15) is 9.59 Å². The molecule has 0 saturated heterocycles. The number of hydrogen-bond donors (Lipinski definition) is 0. The quantitative estimate of drug-likeness (QED) is 0.114. The molecule has 0 saturated carbocycles. The number of fused-ring (bicyclic) bond motifs is 2. The second-order valence-electron chi connectivity index (χ2n) is 10.1. The van der Waals surface area contributed by atoms with E-state index in [1.165, 1.54) is 22.7 Å². The van der Waals surface area contributed by atoms with Crippen molar-refractivity contribution in [3.05, 3.63) is 31.6 Å². The van der Waals surface area contributed by atoms with Gasteiger partial charge in [-0.3, -0.25) is 9.59 Å². The number of halogens is 5. The zero-order valence-corrected chi connectivity index (χ0v) is 36.7. The predicted octanol–water partition coefficient (Wildman–Crippen LogP) is 10.4. The zero-order valence-electron chi connectivity index (χ0n) is 23.3. The molecule has 4 nitrogen and oxygen atoms in total. The molecule has 0 fully saturated rings. The van der Waals surface area contributed by atoms with Crippen molar-refractivity contribution in [3.63, 3.8) is 0 Å². The van der Waals surface area contributed by atoms with Crippen LogP contribution in [0.15, 0.2) is 5.49 Å². The Balaban J connectivity index is 0.000000544. The van der Waals surface area contributed by atoms with E-state index in [1.54, 1.807) is 0 Å². The van der Waals surface area contributed by atoms with Gasteiger partial charge >= 0.3 is 0 Å². The van der Waals surface area contributed by atoms with Crippen LogP contribution in [0, 0.1) is 23.4 Å². The highest BCUT2D eigenvalue weighted by Gasteiger charge is 2.22. The summed E-state index contributed by atoms with van der Waals surface area (Å²) in [6.45, 7) is 13.1. The van der Waals surface area contributed by atoms with E-state index in [0.717, 1.165) is 51.8 Å². The number of rotatable bonds is 0. The maximum absolute atomic E-state index is 11.6. The Morgan fingerprint density at radius 1 is 0.921 bits per heavy atom. The van der Waals surface area contributed by atoms with Gasteiger partial charge in [0.05, 0.1) is 28.0 Å². The van der Waals surface area contributed by atoms with E-state index in [0.29, 0.717) is 12.8 Å². The van der Waals surface area contributed by atoms with Gasteiger partial charge in [-0.2, -0.15) is 0 Å². The molecule has 0 atom stereocenters. The molecule has 210 valence electrons. The third kappa shape index (κ3) is 18.4. The number of ketones is 2. The summed E-state index contributed by atoms with van der Waals surface area (Å²) in [4.78, 5) is 32.8. The Kier molecular flexibility index (Phi) is 20.6. The largest absolute Gasteiger partial charge is 0.293 e. The first-order valence-electron chi connectivity index (χ1n) is 12.1. The number of terminal acetylenes is 1. The van der Waals surface area contributed by atoms with Crippen LogP contribution >= 0.6 is 128 Å². The topological polar surface area (TPSA) is 59.9 Å². The van der Waals surface area contributed by atoms with Gasteiger partial charge in [0, 0.05) is 50.1 Å². The van der Waals surface area contributed by atoms with Gasteiger partial charge < -0.3 is 0 Å². The standard InChI is InChI=1S/C12H15NOSSi.C7H7NOS.C5H10Si.CHI3.I2/c1-16(2,3)8-7-11-13-9-5-4-6-10(14)12(9)15-11;9-6-3-1-2-5-7(6)10-4-8-5;1-5-6(2,3)4;2-1(3)4;1-2/h4-6H2,1-3H3;4H,1-3H2;1H,2-4H3;1H;/i;4T;;;. The molecule has 2 aromatic heterocycles. The lowest BCUT2D eigenvalue weighted by molar-refractivity contribution is 0.0968. The summed E-state index contributed by atoms with van der Waals surface area (Å²) in [7, 11) is -2.45. The molecule has 2 aromatic rings. The molecule has 0 unspecified atom stereocenters. The van der Waals surface area contributed by atoms with Crippen molar-refractivity contribution in [2.45, 2.75) is 77.7 Å². The number of hydrogen-bond acceptors (Lipinski definition) is 6. The third-order valence-corrected chi connectivity index (χ3v) is 8.05. The molecule has 2 heterocycles. The molecular weight excluding hydrogens is 1120 g/mol. The van der Waals surface area contributed by atoms with E-state index >= 15 is 0 Å². The smallest absolute Gasteiger partial charge is 0.174 e. The molecule has 13 heteroatoms. The first-order valence-corrected chi connectivity index (χ1v) is 30.3. The number of carbonyl (C=O) groups is 2. The van der Waals surface area contributed by atoms with Crippen molar-refractivity contribution in [1.82, 2.24) is 9.97 Å². The van der Waals surface area contributed by atoms with E-state index in [2.05, 4.69) is 171 Å². The minimum atomic E-state index is -1.35. The summed E-state index contributed by atoms with van der Waals surface area (Å²) < 4.78 is 7.98. The molecule has 0 radical (unpaired) electrons. The molecule has 0 spiro atoms. The minimum Gasteiger partial charge on any atom is -0.293 e. The van der Waals surface area contributed by atoms with Gasteiger partial charge in [-0.1, -0.05) is 107 Å². The zero-order chi connectivity index (χ0) is 30.4. The van der Waals surface area contributed by atoms with Gasteiger partial charge in [0.25, 0.3) is 0 Å². The highest BCUT2D eigenvalue weighted by atomic mass is 128. The summed E-state index contributed by atoms with van der Waals surface area (Å²) >= 11 is 13.9. The van der Waals surface area contributed by atoms with E-state index in [4.69, 9.17) is 7.79 Å². The highest BCUT2D eigenvalue weighted by Crippen LogP contribution is 2.26. The van der Waals surface area contributed by atoms with Crippen molar-refractivity contribution < 1.29 is 11.0 Å². The van der Waals surface area contributed by atoms with Crippen molar-refractivity contribution in [3.8, 4) is 23.4 Å². The Morgan fingerprint density at radius 2 is 1.39 bits per heavy atom. The minimum absolute atomic E-state index is 0.169. The summed E-state index contributed by atoms with van der Waals surface area (Å²) in [5.74, 6) is 3.55. The summed E-state index contributed by atoms with van der Waals surface area (Å²) in [5.41, 5.74) is 8.12. The first kappa shape index (κ1) is 37.8. The fourth-order valence-electron chi connectivity index (χ4n) is 2.71. The van der Waals surface area contributed by atoms with Gasteiger partial charge in [0.15, 0.2) is 16.6 Å². The van der Waals surface area contributed by atoms with Crippen LogP contribution in [0.3, 0.4) is 0 Å². The Morgan fingerprint density at radius 3 is 1.82 bits per heavy atom. The average Bonchev–Trinajstić information content (AvgIpc) is 3.43. The molecule has 0 aliphatic heterocycles. The summed E-state index contributed by atoms with van der Waals surface area (Å²) in [5, 5.41) is 0.822. The van der Waals surface area contributed by atoms with Crippen molar-refractivity contribution in [2.24, 2.45) is 0 Å². The van der Waals surface area contributed by atoms with Crippen LogP contribution in [0.25, 0.3) is 0 Å². The number of Topliss-reactive ketones (excluding diaryl/α,β-unsaturated/α-hetero) is 2. The third-order valence-electron chi connectivity index (χ3n) is 4.41. The number of thiazole rings is 2. The second kappa shape index (κ2) is 20.7. The van der Waals surface area contributed by atoms with Crippen LogP contribution < -0.4 is 0 Å². The van der Waals surface area contributed by atoms with Gasteiger partial charge in [-0.15, -0.1) is 40.2 Å². The molecule has 0 aromatic carbocycles. The molecule has 38 heavy (non-hydrogen) atoms. The van der Waals surface area contributed by atoms with Gasteiger partial charge in [-0.05, 0) is 31.6 Å². The van der Waals surface area contributed by atoms with Crippen LogP contribution in [0.1, 0.15) is 62.8 Å². The van der Waals surface area contributed by atoms with E-state index < -0.39 is 16.1 Å². The lowest BCUT2D eigenvalue weighted by Crippen LogP contribution is -2.16. The maximum Gasteiger partial charge on any atom is 0.174 e. The molecule has 0 N–H and O–H groups in total. The van der Waals surface area contributed by atoms with Crippen LogP contribution in [0.5, 0.6) is 0 Å². The number of aryl methyl sites for hydroxylation is 2. The Labute approximate surface area is 304 Å². The van der Waals surface area contributed by atoms with Crippen LogP contribution in [0.2, 0.25) is 39.3 Å². The first-order chi connectivity index (χ1) is 18.0. The van der Waals surface area contributed by atoms with Crippen molar-refractivity contribution >= 4 is 155 Å². The van der Waals surface area contributed by atoms with Crippen molar-refractivity contribution in [2.75, 3.05) is 0 Å². The molecule has 4 rings (SSSR count). The monoisotopic (exact) mass is 1150 g/mol. The molecule has 0 amide bonds. The molecule has 0 bridgehead atoms. The lowest BCUT2D eigenvalue weighted by Gasteiger charge is -2.06. The number of carbonyl (C=O) groups excluding carboxylic acids is 2. The van der Waals surface area contributed by atoms with Gasteiger partial charge in [-0.25, -0.2) is 9.97 Å². The fourth-order valence-corrected chi connectivity index (χ4v) is 4.96. The maximum atomic E-state index is 11.6.